The summed E-state index contributed by atoms with van der Waals surface area (Å²) in [6, 6.07) is 17.2. The van der Waals surface area contributed by atoms with E-state index < -0.39 is 0 Å². The van der Waals surface area contributed by atoms with Crippen molar-refractivity contribution >= 4 is 0 Å². The number of aryl methyl sites for hydroxylation is 1. The van der Waals surface area contributed by atoms with E-state index in [1.165, 1.54) is 22.3 Å². The lowest BCUT2D eigenvalue weighted by atomic mass is 9.99. The molecule has 1 unspecified atom stereocenters. The fourth-order valence-electron chi connectivity index (χ4n) is 2.87. The van der Waals surface area contributed by atoms with E-state index in [1.807, 2.05) is 4.70 Å². The molecule has 3 rings (SSSR count). The van der Waals surface area contributed by atoms with Crippen LogP contribution in [0.4, 0.5) is 0 Å². The van der Waals surface area contributed by atoms with Gasteiger partial charge in [0.2, 0.25) is 0 Å². The molecule has 1 heterocycles. The molecule has 4 nitrogen and oxygen atoms in total. The lowest BCUT2D eigenvalue weighted by Gasteiger charge is -2.15. The van der Waals surface area contributed by atoms with E-state index in [4.69, 9.17) is 5.73 Å². The summed E-state index contributed by atoms with van der Waals surface area (Å²) in [5, 5.41) is 4.29. The summed E-state index contributed by atoms with van der Waals surface area (Å²) < 4.78 is 1.97. The maximum atomic E-state index is 6.33. The number of likely N-dealkylation sites (N-methyl/N-ethyl adjacent to an activating group) is 1. The largest absolute Gasteiger partial charge is 0.321 e. The zero-order chi connectivity index (χ0) is 16.9. The van der Waals surface area contributed by atoms with Crippen LogP contribution in [0, 0.1) is 6.92 Å². The van der Waals surface area contributed by atoms with Crippen molar-refractivity contribution in [1.82, 2.24) is 5.43 Å². The minimum absolute atomic E-state index is 0.0578. The molecule has 0 spiro atoms. The maximum Gasteiger partial charge on any atom is 0.140 e. The average Bonchev–Trinajstić information content (AvgIpc) is 2.62. The van der Waals surface area contributed by atoms with Gasteiger partial charge >= 0.3 is 0 Å². The number of hydrogen-bond donors (Lipinski definition) is 2. The van der Waals surface area contributed by atoms with Crippen LogP contribution in [0.2, 0.25) is 0 Å². The Kier molecular flexibility index (Phi) is 5.06. The Labute approximate surface area is 143 Å². The number of benzene rings is 2. The van der Waals surface area contributed by atoms with Crippen molar-refractivity contribution in [1.29, 1.82) is 0 Å². The molecule has 1 aliphatic heterocycles. The zero-order valence-electron chi connectivity index (χ0n) is 14.4. The van der Waals surface area contributed by atoms with Gasteiger partial charge in [0.25, 0.3) is 0 Å². The van der Waals surface area contributed by atoms with E-state index in [0.29, 0.717) is 0 Å². The smallest absolute Gasteiger partial charge is 0.140 e. The van der Waals surface area contributed by atoms with E-state index in [9.17, 15) is 0 Å². The highest BCUT2D eigenvalue weighted by atomic mass is 15.5. The molecule has 1 aliphatic rings. The van der Waals surface area contributed by atoms with Gasteiger partial charge in [-0.3, -0.25) is 0 Å². The first kappa shape index (κ1) is 16.4. The molecule has 24 heavy (non-hydrogen) atoms. The minimum Gasteiger partial charge on any atom is -0.321 e. The fraction of sp³-hybridized carbons (Fsp3) is 0.300. The van der Waals surface area contributed by atoms with Gasteiger partial charge in [0.15, 0.2) is 0 Å². The van der Waals surface area contributed by atoms with Gasteiger partial charge in [0.05, 0.1) is 11.3 Å². The van der Waals surface area contributed by atoms with E-state index in [2.05, 4.69) is 79.1 Å². The Morgan fingerprint density at radius 3 is 2.58 bits per heavy atom. The summed E-state index contributed by atoms with van der Waals surface area (Å²) in [6.45, 7) is 5.91. The van der Waals surface area contributed by atoms with E-state index in [0.717, 1.165) is 25.2 Å². The lowest BCUT2D eigenvalue weighted by Crippen LogP contribution is -2.35. The molecule has 0 fully saturated rings. The van der Waals surface area contributed by atoms with Crippen LogP contribution in [0.5, 0.6) is 0 Å². The Morgan fingerprint density at radius 2 is 1.96 bits per heavy atom. The molecular formula is C20H25N4+. The first-order valence-electron chi connectivity index (χ1n) is 8.49. The van der Waals surface area contributed by atoms with Crippen LogP contribution in [0.15, 0.2) is 65.5 Å². The molecule has 0 saturated carbocycles. The lowest BCUT2D eigenvalue weighted by molar-refractivity contribution is -0.589. The number of nitrogens with zero attached hydrogens (tertiary/aromatic N) is 2. The quantitative estimate of drug-likeness (QED) is 0.829. The van der Waals surface area contributed by atoms with Gasteiger partial charge in [-0.1, -0.05) is 54.1 Å². The zero-order valence-corrected chi connectivity index (χ0v) is 14.4. The van der Waals surface area contributed by atoms with Crippen LogP contribution in [0.1, 0.15) is 18.1 Å². The van der Waals surface area contributed by atoms with Crippen molar-refractivity contribution in [2.24, 2.45) is 11.0 Å². The second kappa shape index (κ2) is 7.41. The molecule has 0 bridgehead atoms. The second-order valence-electron chi connectivity index (χ2n) is 6.25. The average molecular weight is 321 g/mol. The van der Waals surface area contributed by atoms with Crippen LogP contribution < -0.4 is 11.2 Å². The molecule has 0 amide bonds. The molecule has 124 valence electrons. The van der Waals surface area contributed by atoms with Gasteiger partial charge in [-0.15, -0.1) is 0 Å². The third kappa shape index (κ3) is 3.89. The first-order chi connectivity index (χ1) is 11.7. The molecule has 0 aliphatic carbocycles. The summed E-state index contributed by atoms with van der Waals surface area (Å²) in [5.74, 6) is 0. The van der Waals surface area contributed by atoms with Crippen LogP contribution in [-0.2, 0) is 6.42 Å². The van der Waals surface area contributed by atoms with Gasteiger partial charge < -0.3 is 5.73 Å². The Balaban J connectivity index is 1.65. The highest BCUT2D eigenvalue weighted by molar-refractivity contribution is 5.64. The summed E-state index contributed by atoms with van der Waals surface area (Å²) in [7, 11) is 0. The van der Waals surface area contributed by atoms with E-state index in [1.54, 1.807) is 0 Å². The third-order valence-electron chi connectivity index (χ3n) is 4.37. The SMILES string of the molecule is CC[N+]1=NNC(C(N)Cc2ccc(-c3cccc(C)c3)cc2)=CC1. The Hall–Kier alpha value is -2.46. The number of rotatable bonds is 5. The van der Waals surface area contributed by atoms with Crippen LogP contribution in [-0.4, -0.2) is 23.8 Å². The van der Waals surface area contributed by atoms with Crippen LogP contribution >= 0.6 is 0 Å². The molecule has 1 atom stereocenters. The monoisotopic (exact) mass is 321 g/mol. The summed E-state index contributed by atoms with van der Waals surface area (Å²) in [4.78, 5) is 0. The molecule has 4 heteroatoms. The molecular weight excluding hydrogens is 296 g/mol. The standard InChI is InChI=1S/C20H24N4/c1-3-24-12-11-20(22-23-24)19(21)14-16-7-9-17(10-8-16)18-6-4-5-15(2)13-18/h4-11,13,19H,3,12,14,21H2,1-2H3/p+1. The predicted molar refractivity (Wildman–Crippen MR) is 97.6 cm³/mol. The maximum absolute atomic E-state index is 6.33. The topological polar surface area (TPSA) is 53.4 Å². The van der Waals surface area contributed by atoms with Crippen LogP contribution in [0.25, 0.3) is 11.1 Å². The number of nitrogens with one attached hydrogen (secondary N) is 1. The van der Waals surface area contributed by atoms with E-state index >= 15 is 0 Å². The molecule has 0 radical (unpaired) electrons. The molecule has 2 aromatic rings. The van der Waals surface area contributed by atoms with Crippen LogP contribution in [0.3, 0.4) is 0 Å². The second-order valence-corrected chi connectivity index (χ2v) is 6.25. The van der Waals surface area contributed by atoms with Crippen molar-refractivity contribution in [2.45, 2.75) is 26.3 Å². The van der Waals surface area contributed by atoms with Crippen molar-refractivity contribution in [3.8, 4) is 11.1 Å². The van der Waals surface area contributed by atoms with Crippen molar-refractivity contribution in [3.05, 3.63) is 71.4 Å². The minimum atomic E-state index is -0.0578. The first-order valence-corrected chi connectivity index (χ1v) is 8.49. The number of nitrogens with two attached hydrogens (primary N) is 1. The summed E-state index contributed by atoms with van der Waals surface area (Å²) in [5.41, 5.74) is 15.4. The molecule has 0 aromatic heterocycles. The summed E-state index contributed by atoms with van der Waals surface area (Å²) >= 11 is 0. The normalized spacial score (nSPS) is 15.3. The highest BCUT2D eigenvalue weighted by Crippen LogP contribution is 2.21. The Morgan fingerprint density at radius 1 is 1.17 bits per heavy atom. The van der Waals surface area contributed by atoms with Crippen molar-refractivity contribution in [2.75, 3.05) is 13.1 Å². The molecule has 2 aromatic carbocycles. The van der Waals surface area contributed by atoms with E-state index in [-0.39, 0.29) is 6.04 Å². The van der Waals surface area contributed by atoms with Gasteiger partial charge in [0, 0.05) is 6.08 Å². The number of hydrogen-bond acceptors (Lipinski definition) is 3. The van der Waals surface area contributed by atoms with Gasteiger partial charge in [-0.25, -0.2) is 0 Å². The van der Waals surface area contributed by atoms with Gasteiger partial charge in [0.1, 0.15) is 18.8 Å². The molecule has 3 N–H and O–H groups in total. The van der Waals surface area contributed by atoms with Crippen molar-refractivity contribution < 1.29 is 4.70 Å². The van der Waals surface area contributed by atoms with Crippen molar-refractivity contribution in [3.63, 3.8) is 0 Å². The third-order valence-corrected chi connectivity index (χ3v) is 4.37. The Bertz CT molecular complexity index is 759. The predicted octanol–water partition coefficient (Wildman–Crippen LogP) is 3.42. The fourth-order valence-corrected chi connectivity index (χ4v) is 2.87. The van der Waals surface area contributed by atoms with Gasteiger partial charge in [-0.2, -0.15) is 10.1 Å². The molecule has 0 saturated heterocycles. The summed E-state index contributed by atoms with van der Waals surface area (Å²) in [6.07, 6.45) is 2.93. The highest BCUT2D eigenvalue weighted by Gasteiger charge is 2.18. The van der Waals surface area contributed by atoms with Gasteiger partial charge in [-0.05, 0) is 37.0 Å².